The van der Waals surface area contributed by atoms with E-state index in [1.807, 2.05) is 12.1 Å². The number of fused-ring (bicyclic) bond motifs is 1. The zero-order chi connectivity index (χ0) is 26.4. The lowest BCUT2D eigenvalue weighted by Gasteiger charge is -2.42. The van der Waals surface area contributed by atoms with E-state index in [2.05, 4.69) is 39.9 Å². The average Bonchev–Trinajstić information content (AvgIpc) is 3.23. The van der Waals surface area contributed by atoms with Crippen molar-refractivity contribution in [2.24, 2.45) is 17.9 Å². The van der Waals surface area contributed by atoms with Gasteiger partial charge in [-0.25, -0.2) is 9.78 Å². The minimum atomic E-state index is -0.377. The maximum absolute atomic E-state index is 12.9. The van der Waals surface area contributed by atoms with Crippen LogP contribution in [-0.4, -0.2) is 49.3 Å². The summed E-state index contributed by atoms with van der Waals surface area (Å²) in [6, 6.07) is 3.94. The highest BCUT2D eigenvalue weighted by Gasteiger charge is 2.38. The quantitative estimate of drug-likeness (QED) is 0.621. The van der Waals surface area contributed by atoms with Gasteiger partial charge in [-0.3, -0.25) is 28.4 Å². The molecule has 9 heteroatoms. The molecule has 1 saturated carbocycles. The third-order valence-corrected chi connectivity index (χ3v) is 7.45. The summed E-state index contributed by atoms with van der Waals surface area (Å²) < 4.78 is 3.41. The molecule has 2 aromatic rings. The summed E-state index contributed by atoms with van der Waals surface area (Å²) in [4.78, 5) is 55.2. The molecule has 2 atom stereocenters. The fraction of sp³-hybridized carbons (Fsp3) is 0.593. The van der Waals surface area contributed by atoms with Gasteiger partial charge in [-0.05, 0) is 42.2 Å². The molecule has 0 aromatic carbocycles. The van der Waals surface area contributed by atoms with Crippen molar-refractivity contribution in [3.05, 3.63) is 40.5 Å². The number of aromatic nitrogens is 3. The molecule has 0 bridgehead atoms. The second kappa shape index (κ2) is 9.33. The smallest absolute Gasteiger partial charge is 0.330 e. The first-order chi connectivity index (χ1) is 16.8. The standard InChI is InChI=1S/C27H37N5O4/c1-26(2,3)16-32-19-8-7-18(28-24(19)30(6)25(32)36)17-11-13-27(4,5)20(15-17)29-21(33)12-14-31-22(34)9-10-23(31)35/h7-10,17,20H,11-16H2,1-6H3,(H,29,33). The van der Waals surface area contributed by atoms with Crippen LogP contribution in [0.15, 0.2) is 29.1 Å². The van der Waals surface area contributed by atoms with Gasteiger partial charge in [0.15, 0.2) is 5.65 Å². The first-order valence-corrected chi connectivity index (χ1v) is 12.7. The largest absolute Gasteiger partial charge is 0.353 e. The fourth-order valence-electron chi connectivity index (χ4n) is 5.24. The van der Waals surface area contributed by atoms with Gasteiger partial charge in [-0.1, -0.05) is 34.6 Å². The summed E-state index contributed by atoms with van der Waals surface area (Å²) in [5.74, 6) is -0.776. The van der Waals surface area contributed by atoms with Crippen molar-refractivity contribution < 1.29 is 14.4 Å². The van der Waals surface area contributed by atoms with E-state index in [9.17, 15) is 19.2 Å². The monoisotopic (exact) mass is 495 g/mol. The Morgan fingerprint density at radius 2 is 1.81 bits per heavy atom. The summed E-state index contributed by atoms with van der Waals surface area (Å²) >= 11 is 0. The van der Waals surface area contributed by atoms with Gasteiger partial charge in [0.25, 0.3) is 11.8 Å². The minimum Gasteiger partial charge on any atom is -0.353 e. The summed E-state index contributed by atoms with van der Waals surface area (Å²) in [7, 11) is 1.76. The highest BCUT2D eigenvalue weighted by molar-refractivity contribution is 6.13. The lowest BCUT2D eigenvalue weighted by Crippen LogP contribution is -2.49. The third kappa shape index (κ3) is 5.15. The highest BCUT2D eigenvalue weighted by Crippen LogP contribution is 2.42. The van der Waals surface area contributed by atoms with E-state index >= 15 is 0 Å². The molecule has 0 spiro atoms. The predicted octanol–water partition coefficient (Wildman–Crippen LogP) is 2.87. The van der Waals surface area contributed by atoms with Crippen molar-refractivity contribution in [2.75, 3.05) is 6.54 Å². The second-order valence-corrected chi connectivity index (χ2v) is 12.1. The van der Waals surface area contributed by atoms with Crippen molar-refractivity contribution in [3.63, 3.8) is 0 Å². The molecule has 36 heavy (non-hydrogen) atoms. The third-order valence-electron chi connectivity index (χ3n) is 7.45. The molecule has 0 radical (unpaired) electrons. The van der Waals surface area contributed by atoms with Crippen LogP contribution in [0.4, 0.5) is 0 Å². The maximum Gasteiger partial charge on any atom is 0.330 e. The van der Waals surface area contributed by atoms with E-state index in [4.69, 9.17) is 4.98 Å². The van der Waals surface area contributed by atoms with E-state index in [0.717, 1.165) is 35.4 Å². The van der Waals surface area contributed by atoms with Crippen molar-refractivity contribution in [3.8, 4) is 0 Å². The number of hydrogen-bond donors (Lipinski definition) is 1. The van der Waals surface area contributed by atoms with E-state index in [0.29, 0.717) is 12.2 Å². The van der Waals surface area contributed by atoms with Crippen molar-refractivity contribution >= 4 is 28.9 Å². The Bertz CT molecular complexity index is 1280. The number of carbonyl (C=O) groups excluding carboxylic acids is 3. The Labute approximate surface area is 211 Å². The number of aryl methyl sites for hydroxylation is 1. The molecule has 2 aromatic heterocycles. The molecule has 2 aliphatic rings. The SMILES string of the molecule is Cn1c(=O)n(CC(C)(C)C)c2ccc(C3CCC(C)(C)C(NC(=O)CCN4C(=O)C=CC4=O)C3)nc21. The summed E-state index contributed by atoms with van der Waals surface area (Å²) in [5.41, 5.74) is 2.25. The van der Waals surface area contributed by atoms with Crippen LogP contribution in [0.1, 0.15) is 71.9 Å². The van der Waals surface area contributed by atoms with Gasteiger partial charge in [-0.15, -0.1) is 0 Å². The number of nitrogens with zero attached hydrogens (tertiary/aromatic N) is 4. The predicted molar refractivity (Wildman–Crippen MR) is 137 cm³/mol. The summed E-state index contributed by atoms with van der Waals surface area (Å²) in [5, 5.41) is 3.15. The average molecular weight is 496 g/mol. The van der Waals surface area contributed by atoms with Gasteiger partial charge in [0.1, 0.15) is 0 Å². The number of imidazole rings is 1. The molecule has 0 saturated heterocycles. The van der Waals surface area contributed by atoms with Gasteiger partial charge in [0.05, 0.1) is 5.52 Å². The zero-order valence-electron chi connectivity index (χ0n) is 22.1. The Hall–Kier alpha value is -3.23. The number of imide groups is 1. The van der Waals surface area contributed by atoms with Crippen LogP contribution < -0.4 is 11.0 Å². The Kier molecular flexibility index (Phi) is 6.70. The highest BCUT2D eigenvalue weighted by atomic mass is 16.2. The molecule has 1 N–H and O–H groups in total. The molecule has 2 unspecified atom stereocenters. The minimum absolute atomic E-state index is 0.0387. The molecule has 1 aliphatic heterocycles. The van der Waals surface area contributed by atoms with Crippen LogP contribution >= 0.6 is 0 Å². The molecule has 4 rings (SSSR count). The van der Waals surface area contributed by atoms with Crippen molar-refractivity contribution in [1.29, 1.82) is 0 Å². The zero-order valence-corrected chi connectivity index (χ0v) is 22.1. The van der Waals surface area contributed by atoms with Gasteiger partial charge in [0.2, 0.25) is 5.91 Å². The van der Waals surface area contributed by atoms with E-state index in [-0.39, 0.29) is 59.2 Å². The molecule has 1 fully saturated rings. The molecular weight excluding hydrogens is 458 g/mol. The fourth-order valence-corrected chi connectivity index (χ4v) is 5.24. The Morgan fingerprint density at radius 1 is 1.14 bits per heavy atom. The lowest BCUT2D eigenvalue weighted by atomic mass is 9.68. The first kappa shape index (κ1) is 25.9. The Balaban J connectivity index is 1.49. The number of carbonyl (C=O) groups is 3. The number of nitrogens with one attached hydrogen (secondary N) is 1. The molecular formula is C27H37N5O4. The van der Waals surface area contributed by atoms with E-state index in [1.165, 1.54) is 12.2 Å². The van der Waals surface area contributed by atoms with Gasteiger partial charge in [-0.2, -0.15) is 0 Å². The molecule has 9 nitrogen and oxygen atoms in total. The second-order valence-electron chi connectivity index (χ2n) is 12.1. The van der Waals surface area contributed by atoms with E-state index < -0.39 is 0 Å². The van der Waals surface area contributed by atoms with Crippen LogP contribution in [-0.2, 0) is 28.0 Å². The summed E-state index contributed by atoms with van der Waals surface area (Å²) in [6.07, 6.45) is 5.12. The molecule has 194 valence electrons. The number of rotatable bonds is 6. The normalized spacial score (nSPS) is 22.0. The topological polar surface area (TPSA) is 106 Å². The van der Waals surface area contributed by atoms with Crippen molar-refractivity contribution in [2.45, 2.75) is 78.8 Å². The Morgan fingerprint density at radius 3 is 2.44 bits per heavy atom. The van der Waals surface area contributed by atoms with Gasteiger partial charge < -0.3 is 5.32 Å². The molecule has 1 aliphatic carbocycles. The van der Waals surface area contributed by atoms with Crippen LogP contribution in [0.25, 0.3) is 11.2 Å². The number of hydrogen-bond acceptors (Lipinski definition) is 5. The number of pyridine rings is 1. The van der Waals surface area contributed by atoms with Crippen LogP contribution in [0.3, 0.4) is 0 Å². The van der Waals surface area contributed by atoms with Gasteiger partial charge >= 0.3 is 5.69 Å². The molecule has 3 heterocycles. The lowest BCUT2D eigenvalue weighted by molar-refractivity contribution is -0.137. The summed E-state index contributed by atoms with van der Waals surface area (Å²) in [6.45, 7) is 11.3. The maximum atomic E-state index is 12.9. The van der Waals surface area contributed by atoms with Crippen LogP contribution in [0, 0.1) is 10.8 Å². The van der Waals surface area contributed by atoms with Crippen molar-refractivity contribution in [1.82, 2.24) is 24.3 Å². The van der Waals surface area contributed by atoms with Crippen LogP contribution in [0.2, 0.25) is 0 Å². The van der Waals surface area contributed by atoms with Gasteiger partial charge in [0, 0.05) is 56.4 Å². The number of amides is 3. The first-order valence-electron chi connectivity index (χ1n) is 12.7. The van der Waals surface area contributed by atoms with E-state index in [1.54, 1.807) is 16.2 Å². The van der Waals surface area contributed by atoms with Crippen LogP contribution in [0.5, 0.6) is 0 Å². The molecule has 3 amide bonds.